The van der Waals surface area contributed by atoms with Gasteiger partial charge in [-0.2, -0.15) is 0 Å². The van der Waals surface area contributed by atoms with E-state index >= 15 is 0 Å². The molecule has 2 aromatic rings. The molecule has 1 aromatic carbocycles. The van der Waals surface area contributed by atoms with E-state index in [4.69, 9.17) is 0 Å². The molecule has 6 nitrogen and oxygen atoms in total. The number of fused-ring (bicyclic) bond motifs is 1. The number of hydrogen-bond acceptors (Lipinski definition) is 3. The molecule has 1 aliphatic rings. The van der Waals surface area contributed by atoms with E-state index in [9.17, 15) is 14.7 Å². The first-order chi connectivity index (χ1) is 9.66. The van der Waals surface area contributed by atoms with Crippen molar-refractivity contribution < 1.29 is 14.7 Å². The zero-order valence-electron chi connectivity index (χ0n) is 10.8. The second-order valence-corrected chi connectivity index (χ2v) is 4.84. The standard InChI is InChI=1S/C14H15N3O3/c18-13(17-6-5-15-8-12(17)14(19)20)10-1-2-11-9(7-10)3-4-16-11/h1-4,7,12,15-16H,5-6,8H2,(H,19,20). The molecule has 1 atom stereocenters. The monoisotopic (exact) mass is 273 g/mol. The fourth-order valence-corrected chi connectivity index (χ4v) is 2.52. The smallest absolute Gasteiger partial charge is 0.327 e. The van der Waals surface area contributed by atoms with Crippen LogP contribution in [0.4, 0.5) is 0 Å². The number of benzene rings is 1. The summed E-state index contributed by atoms with van der Waals surface area (Å²) in [5, 5.41) is 13.1. The molecule has 6 heteroatoms. The molecule has 0 radical (unpaired) electrons. The topological polar surface area (TPSA) is 85.4 Å². The van der Waals surface area contributed by atoms with Gasteiger partial charge < -0.3 is 20.3 Å². The number of aromatic nitrogens is 1. The summed E-state index contributed by atoms with van der Waals surface area (Å²) in [7, 11) is 0. The van der Waals surface area contributed by atoms with Gasteiger partial charge in [-0.05, 0) is 24.3 Å². The zero-order valence-corrected chi connectivity index (χ0v) is 10.8. The molecule has 0 bridgehead atoms. The van der Waals surface area contributed by atoms with Gasteiger partial charge in [-0.3, -0.25) is 4.79 Å². The number of amides is 1. The van der Waals surface area contributed by atoms with Crippen molar-refractivity contribution in [1.29, 1.82) is 0 Å². The lowest BCUT2D eigenvalue weighted by atomic mass is 10.1. The molecule has 1 aliphatic heterocycles. The lowest BCUT2D eigenvalue weighted by Gasteiger charge is -2.33. The van der Waals surface area contributed by atoms with E-state index in [0.29, 0.717) is 18.7 Å². The van der Waals surface area contributed by atoms with Crippen LogP contribution in [0.25, 0.3) is 10.9 Å². The number of piperazine rings is 1. The average molecular weight is 273 g/mol. The molecular formula is C14H15N3O3. The fraction of sp³-hybridized carbons (Fsp3) is 0.286. The van der Waals surface area contributed by atoms with Crippen molar-refractivity contribution in [2.24, 2.45) is 0 Å². The summed E-state index contributed by atoms with van der Waals surface area (Å²) in [6.07, 6.45) is 1.81. The van der Waals surface area contributed by atoms with Gasteiger partial charge in [-0.15, -0.1) is 0 Å². The number of H-pyrrole nitrogens is 1. The fourth-order valence-electron chi connectivity index (χ4n) is 2.52. The van der Waals surface area contributed by atoms with Gasteiger partial charge in [0.2, 0.25) is 0 Å². The van der Waals surface area contributed by atoms with E-state index < -0.39 is 12.0 Å². The van der Waals surface area contributed by atoms with Gasteiger partial charge >= 0.3 is 5.97 Å². The Morgan fingerprint density at radius 3 is 2.95 bits per heavy atom. The van der Waals surface area contributed by atoms with Crippen molar-refractivity contribution in [2.75, 3.05) is 19.6 Å². The first-order valence-corrected chi connectivity index (χ1v) is 6.48. The van der Waals surface area contributed by atoms with Crippen LogP contribution >= 0.6 is 0 Å². The molecule has 0 spiro atoms. The van der Waals surface area contributed by atoms with Crippen LogP contribution in [0, 0.1) is 0 Å². The predicted molar refractivity (Wildman–Crippen MR) is 73.6 cm³/mol. The molecule has 2 heterocycles. The van der Waals surface area contributed by atoms with Gasteiger partial charge in [0.05, 0.1) is 0 Å². The summed E-state index contributed by atoms with van der Waals surface area (Å²) < 4.78 is 0. The van der Waals surface area contributed by atoms with Crippen molar-refractivity contribution in [3.05, 3.63) is 36.0 Å². The molecule has 1 fully saturated rings. The number of nitrogens with zero attached hydrogens (tertiary/aromatic N) is 1. The largest absolute Gasteiger partial charge is 0.480 e. The maximum absolute atomic E-state index is 12.5. The molecule has 1 saturated heterocycles. The molecule has 1 aromatic heterocycles. The maximum Gasteiger partial charge on any atom is 0.327 e. The second kappa shape index (κ2) is 4.97. The Balaban J connectivity index is 1.91. The van der Waals surface area contributed by atoms with Gasteiger partial charge in [0.25, 0.3) is 5.91 Å². The summed E-state index contributed by atoms with van der Waals surface area (Å²) in [6.45, 7) is 1.30. The Morgan fingerprint density at radius 2 is 2.15 bits per heavy atom. The van der Waals surface area contributed by atoms with Gasteiger partial charge in [0.15, 0.2) is 0 Å². The Bertz CT molecular complexity index is 664. The number of rotatable bonds is 2. The number of carboxylic acids is 1. The van der Waals surface area contributed by atoms with Crippen molar-refractivity contribution in [1.82, 2.24) is 15.2 Å². The Hall–Kier alpha value is -2.34. The van der Waals surface area contributed by atoms with Crippen LogP contribution in [0.15, 0.2) is 30.5 Å². The number of hydrogen-bond donors (Lipinski definition) is 3. The van der Waals surface area contributed by atoms with E-state index in [1.165, 1.54) is 4.90 Å². The van der Waals surface area contributed by atoms with Crippen molar-refractivity contribution >= 4 is 22.8 Å². The van der Waals surface area contributed by atoms with E-state index in [1.54, 1.807) is 12.1 Å². The van der Waals surface area contributed by atoms with E-state index in [-0.39, 0.29) is 12.5 Å². The minimum Gasteiger partial charge on any atom is -0.480 e. The number of carbonyl (C=O) groups excluding carboxylic acids is 1. The van der Waals surface area contributed by atoms with Gasteiger partial charge in [-0.25, -0.2) is 4.79 Å². The number of nitrogens with one attached hydrogen (secondary N) is 2. The predicted octanol–water partition coefficient (Wildman–Crippen LogP) is 0.667. The van der Waals surface area contributed by atoms with Crippen LogP contribution in [0.3, 0.4) is 0 Å². The third-order valence-corrected chi connectivity index (χ3v) is 3.59. The van der Waals surface area contributed by atoms with E-state index in [2.05, 4.69) is 10.3 Å². The van der Waals surface area contributed by atoms with Crippen molar-refractivity contribution in [2.45, 2.75) is 6.04 Å². The van der Waals surface area contributed by atoms with Gasteiger partial charge in [0.1, 0.15) is 6.04 Å². The molecule has 20 heavy (non-hydrogen) atoms. The highest BCUT2D eigenvalue weighted by Crippen LogP contribution is 2.17. The normalized spacial score (nSPS) is 19.2. The van der Waals surface area contributed by atoms with Crippen LogP contribution < -0.4 is 5.32 Å². The Labute approximate surface area is 115 Å². The van der Waals surface area contributed by atoms with Crippen LogP contribution in [0.5, 0.6) is 0 Å². The average Bonchev–Trinajstić information content (AvgIpc) is 2.93. The van der Waals surface area contributed by atoms with E-state index in [1.807, 2.05) is 18.3 Å². The molecule has 3 N–H and O–H groups in total. The Morgan fingerprint density at radius 1 is 1.30 bits per heavy atom. The molecule has 104 valence electrons. The number of carboxylic acid groups (broad SMARTS) is 1. The minimum atomic E-state index is -0.978. The summed E-state index contributed by atoms with van der Waals surface area (Å²) >= 11 is 0. The van der Waals surface area contributed by atoms with Crippen molar-refractivity contribution in [3.8, 4) is 0 Å². The highest BCUT2D eigenvalue weighted by Gasteiger charge is 2.32. The lowest BCUT2D eigenvalue weighted by Crippen LogP contribution is -2.56. The van der Waals surface area contributed by atoms with Crippen LogP contribution in [-0.2, 0) is 4.79 Å². The molecule has 1 amide bonds. The summed E-state index contributed by atoms with van der Waals surface area (Å²) in [5.41, 5.74) is 1.47. The van der Waals surface area contributed by atoms with Crippen LogP contribution in [0.2, 0.25) is 0 Å². The van der Waals surface area contributed by atoms with Crippen LogP contribution in [0.1, 0.15) is 10.4 Å². The maximum atomic E-state index is 12.5. The summed E-state index contributed by atoms with van der Waals surface area (Å²) in [6, 6.07) is 6.43. The molecular weight excluding hydrogens is 258 g/mol. The third kappa shape index (κ3) is 2.14. The quantitative estimate of drug-likeness (QED) is 0.750. The molecule has 3 rings (SSSR count). The second-order valence-electron chi connectivity index (χ2n) is 4.84. The highest BCUT2D eigenvalue weighted by atomic mass is 16.4. The summed E-state index contributed by atoms with van der Waals surface area (Å²) in [5.74, 6) is -1.21. The van der Waals surface area contributed by atoms with Crippen molar-refractivity contribution in [3.63, 3.8) is 0 Å². The SMILES string of the molecule is O=C(O)C1CNCCN1C(=O)c1ccc2[nH]ccc2c1. The number of carbonyl (C=O) groups is 2. The van der Waals surface area contributed by atoms with Gasteiger partial charge in [-0.1, -0.05) is 0 Å². The first-order valence-electron chi connectivity index (χ1n) is 6.48. The summed E-state index contributed by atoms with van der Waals surface area (Å²) in [4.78, 5) is 28.2. The highest BCUT2D eigenvalue weighted by molar-refractivity contribution is 5.99. The molecule has 0 saturated carbocycles. The van der Waals surface area contributed by atoms with Gasteiger partial charge in [0, 0.05) is 42.3 Å². The third-order valence-electron chi connectivity index (χ3n) is 3.59. The molecule has 1 unspecified atom stereocenters. The Kier molecular flexibility index (Phi) is 3.15. The molecule has 0 aliphatic carbocycles. The van der Waals surface area contributed by atoms with E-state index in [0.717, 1.165) is 10.9 Å². The van der Waals surface area contributed by atoms with Crippen LogP contribution in [-0.4, -0.2) is 52.5 Å². The number of aromatic amines is 1. The first kappa shape index (κ1) is 12.7. The number of aliphatic carboxylic acids is 1. The zero-order chi connectivity index (χ0) is 14.1. The minimum absolute atomic E-state index is 0.234. The lowest BCUT2D eigenvalue weighted by molar-refractivity contribution is -0.142.